The molecule has 0 atom stereocenters. The minimum Gasteiger partial charge on any atom is -0.493 e. The van der Waals surface area contributed by atoms with E-state index in [1.807, 2.05) is 19.1 Å². The first kappa shape index (κ1) is 24.2. The Morgan fingerprint density at radius 2 is 1.47 bits per heavy atom. The Balaban J connectivity index is 1.75. The van der Waals surface area contributed by atoms with E-state index in [9.17, 15) is 16.8 Å². The summed E-state index contributed by atoms with van der Waals surface area (Å²) in [5.74, 6) is 0.509. The van der Waals surface area contributed by atoms with E-state index in [4.69, 9.17) is 4.74 Å². The molecule has 0 aliphatic rings. The molecule has 0 aromatic heterocycles. The number of nitrogens with one attached hydrogen (secondary N) is 2. The molecule has 7 nitrogen and oxygen atoms in total. The van der Waals surface area contributed by atoms with Gasteiger partial charge in [-0.05, 0) is 44.0 Å². The zero-order chi connectivity index (χ0) is 23.4. The fourth-order valence-electron chi connectivity index (χ4n) is 3.39. The van der Waals surface area contributed by atoms with E-state index >= 15 is 0 Å². The molecule has 3 aromatic rings. The van der Waals surface area contributed by atoms with Crippen LogP contribution in [-0.2, 0) is 32.3 Å². The Kier molecular flexibility index (Phi) is 7.55. The maximum atomic E-state index is 13.0. The summed E-state index contributed by atoms with van der Waals surface area (Å²) in [4.78, 5) is 0.180. The monoisotopic (exact) mass is 476 g/mol. The van der Waals surface area contributed by atoms with Gasteiger partial charge in [-0.15, -0.1) is 0 Å². The Bertz CT molecular complexity index is 1290. The van der Waals surface area contributed by atoms with Crippen molar-refractivity contribution < 1.29 is 21.6 Å². The van der Waals surface area contributed by atoms with Crippen LogP contribution in [0.5, 0.6) is 5.75 Å². The summed E-state index contributed by atoms with van der Waals surface area (Å²) in [5.41, 5.74) is 1.35. The highest BCUT2D eigenvalue weighted by molar-refractivity contribution is 7.89. The van der Waals surface area contributed by atoms with Gasteiger partial charge in [-0.3, -0.25) is 0 Å². The molecule has 0 spiro atoms. The minimum absolute atomic E-state index is 0.0845. The molecule has 0 aliphatic carbocycles. The largest absolute Gasteiger partial charge is 0.493 e. The second-order valence-corrected chi connectivity index (χ2v) is 11.2. The van der Waals surface area contributed by atoms with E-state index in [1.165, 1.54) is 0 Å². The van der Waals surface area contributed by atoms with Crippen LogP contribution in [0.4, 0.5) is 0 Å². The smallest absolute Gasteiger partial charge is 0.241 e. The first-order valence-corrected chi connectivity index (χ1v) is 13.5. The van der Waals surface area contributed by atoms with Crippen LogP contribution in [-0.4, -0.2) is 29.5 Å². The van der Waals surface area contributed by atoms with Crippen molar-refractivity contribution in [3.63, 3.8) is 0 Å². The predicted molar refractivity (Wildman–Crippen MR) is 126 cm³/mol. The SMILES string of the molecule is CCOc1ccc(S(=O)(=O)NCc2ccc(CS(=O)(=O)NC(C)C)cc2)c2ccccc12. The standard InChI is InChI=1S/C23H28N2O5S2/c1-4-30-22-13-14-23(21-8-6-5-7-20(21)22)32(28,29)24-15-18-9-11-19(12-10-18)16-31(26,27)25-17(2)3/h5-14,17,24-25H,4,15-16H2,1-3H3. The molecule has 9 heteroatoms. The van der Waals surface area contributed by atoms with Crippen LogP contribution in [0.25, 0.3) is 10.8 Å². The summed E-state index contributed by atoms with van der Waals surface area (Å²) in [6.07, 6.45) is 0. The topological polar surface area (TPSA) is 102 Å². The van der Waals surface area contributed by atoms with Gasteiger partial charge in [0.2, 0.25) is 20.0 Å². The maximum absolute atomic E-state index is 13.0. The number of rotatable bonds is 10. The van der Waals surface area contributed by atoms with E-state index < -0.39 is 20.0 Å². The van der Waals surface area contributed by atoms with Crippen molar-refractivity contribution in [2.45, 2.75) is 44.0 Å². The lowest BCUT2D eigenvalue weighted by Gasteiger charge is -2.13. The molecule has 0 amide bonds. The van der Waals surface area contributed by atoms with Gasteiger partial charge >= 0.3 is 0 Å². The van der Waals surface area contributed by atoms with Crippen molar-refractivity contribution in [1.82, 2.24) is 9.44 Å². The molecule has 3 aromatic carbocycles. The third-order valence-corrected chi connectivity index (χ3v) is 7.70. The van der Waals surface area contributed by atoms with Gasteiger partial charge in [-0.1, -0.05) is 48.5 Å². The van der Waals surface area contributed by atoms with Crippen LogP contribution in [0.15, 0.2) is 65.6 Å². The lowest BCUT2D eigenvalue weighted by atomic mass is 10.1. The molecule has 32 heavy (non-hydrogen) atoms. The molecular formula is C23H28N2O5S2. The lowest BCUT2D eigenvalue weighted by Crippen LogP contribution is -2.31. The molecule has 0 bridgehead atoms. The summed E-state index contributed by atoms with van der Waals surface area (Å²) in [5, 5.41) is 1.32. The Morgan fingerprint density at radius 3 is 2.09 bits per heavy atom. The van der Waals surface area contributed by atoms with Crippen molar-refractivity contribution >= 4 is 30.8 Å². The molecule has 0 heterocycles. The van der Waals surface area contributed by atoms with Crippen LogP contribution in [0, 0.1) is 0 Å². The summed E-state index contributed by atoms with van der Waals surface area (Å²) < 4.78 is 60.9. The number of fused-ring (bicyclic) bond motifs is 1. The maximum Gasteiger partial charge on any atom is 0.241 e. The summed E-state index contributed by atoms with van der Waals surface area (Å²) in [6, 6.07) is 17.1. The Hall–Kier alpha value is -2.46. The van der Waals surface area contributed by atoms with E-state index in [0.717, 1.165) is 10.9 Å². The van der Waals surface area contributed by atoms with Crippen LogP contribution in [0.1, 0.15) is 31.9 Å². The number of benzene rings is 3. The average Bonchev–Trinajstić information content (AvgIpc) is 2.72. The highest BCUT2D eigenvalue weighted by Gasteiger charge is 2.19. The van der Waals surface area contributed by atoms with Crippen LogP contribution >= 0.6 is 0 Å². The first-order valence-electron chi connectivity index (χ1n) is 10.3. The highest BCUT2D eigenvalue weighted by atomic mass is 32.2. The Labute approximate surface area is 189 Å². The van der Waals surface area contributed by atoms with Crippen molar-refractivity contribution in [1.29, 1.82) is 0 Å². The predicted octanol–water partition coefficient (Wildman–Crippen LogP) is 3.54. The molecular weight excluding hydrogens is 448 g/mol. The Morgan fingerprint density at radius 1 is 0.844 bits per heavy atom. The molecule has 3 rings (SSSR count). The number of ether oxygens (including phenoxy) is 1. The normalized spacial score (nSPS) is 12.4. The van der Waals surface area contributed by atoms with E-state index in [1.54, 1.807) is 62.4 Å². The second-order valence-electron chi connectivity index (χ2n) is 7.71. The van der Waals surface area contributed by atoms with Gasteiger partial charge in [-0.2, -0.15) is 0 Å². The minimum atomic E-state index is -3.78. The van der Waals surface area contributed by atoms with E-state index in [2.05, 4.69) is 9.44 Å². The molecule has 0 saturated heterocycles. The van der Waals surface area contributed by atoms with Crippen LogP contribution in [0.2, 0.25) is 0 Å². The van der Waals surface area contributed by atoms with E-state index in [-0.39, 0.29) is 23.2 Å². The van der Waals surface area contributed by atoms with Gasteiger partial charge < -0.3 is 4.74 Å². The molecule has 0 aliphatic heterocycles. The van der Waals surface area contributed by atoms with Gasteiger partial charge in [0.25, 0.3) is 0 Å². The number of hydrogen-bond donors (Lipinski definition) is 2. The molecule has 172 valence electrons. The molecule has 0 saturated carbocycles. The first-order chi connectivity index (χ1) is 15.1. The van der Waals surface area contributed by atoms with Crippen molar-refractivity contribution in [2.24, 2.45) is 0 Å². The molecule has 0 radical (unpaired) electrons. The van der Waals surface area contributed by atoms with Gasteiger partial charge in [0.05, 0.1) is 17.3 Å². The lowest BCUT2D eigenvalue weighted by molar-refractivity contribution is 0.344. The van der Waals surface area contributed by atoms with Crippen LogP contribution in [0.3, 0.4) is 0 Å². The number of sulfonamides is 2. The average molecular weight is 477 g/mol. The quantitative estimate of drug-likeness (QED) is 0.466. The van der Waals surface area contributed by atoms with Gasteiger partial charge in [0, 0.05) is 23.4 Å². The van der Waals surface area contributed by atoms with Crippen molar-refractivity contribution in [2.75, 3.05) is 6.61 Å². The fourth-order valence-corrected chi connectivity index (χ4v) is 6.05. The molecule has 2 N–H and O–H groups in total. The molecule has 0 fully saturated rings. The summed E-state index contributed by atoms with van der Waals surface area (Å²) >= 11 is 0. The third kappa shape index (κ3) is 6.07. The van der Waals surface area contributed by atoms with Gasteiger partial charge in [-0.25, -0.2) is 26.3 Å². The summed E-state index contributed by atoms with van der Waals surface area (Å²) in [7, 11) is -7.20. The van der Waals surface area contributed by atoms with E-state index in [0.29, 0.717) is 23.3 Å². The van der Waals surface area contributed by atoms with Gasteiger partial charge in [0.15, 0.2) is 0 Å². The fraction of sp³-hybridized carbons (Fsp3) is 0.304. The van der Waals surface area contributed by atoms with Crippen LogP contribution < -0.4 is 14.2 Å². The summed E-state index contributed by atoms with van der Waals surface area (Å²) in [6.45, 7) is 5.98. The highest BCUT2D eigenvalue weighted by Crippen LogP contribution is 2.31. The van der Waals surface area contributed by atoms with Crippen molar-refractivity contribution in [3.05, 3.63) is 71.8 Å². The zero-order valence-corrected chi connectivity index (χ0v) is 20.0. The number of hydrogen-bond acceptors (Lipinski definition) is 5. The molecule has 0 unspecified atom stereocenters. The zero-order valence-electron chi connectivity index (χ0n) is 18.3. The van der Waals surface area contributed by atoms with Gasteiger partial charge in [0.1, 0.15) is 5.75 Å². The second kappa shape index (κ2) is 9.99. The third-order valence-electron chi connectivity index (χ3n) is 4.69. The van der Waals surface area contributed by atoms with Crippen molar-refractivity contribution in [3.8, 4) is 5.75 Å².